The van der Waals surface area contributed by atoms with Crippen molar-refractivity contribution < 1.29 is 9.32 Å². The Morgan fingerprint density at radius 2 is 2.00 bits per heavy atom. The van der Waals surface area contributed by atoms with Crippen LogP contribution in [0.3, 0.4) is 0 Å². The molecule has 0 unspecified atom stereocenters. The largest absolute Gasteiger partial charge is 0.346 e. The van der Waals surface area contributed by atoms with Crippen molar-refractivity contribution in [3.05, 3.63) is 11.7 Å². The predicted molar refractivity (Wildman–Crippen MR) is 86.9 cm³/mol. The van der Waals surface area contributed by atoms with E-state index in [1.54, 1.807) is 0 Å². The Kier molecular flexibility index (Phi) is 5.65. The maximum Gasteiger partial charge on any atom is 0.246 e. The topological polar surface area (TPSA) is 71.3 Å². The van der Waals surface area contributed by atoms with Crippen LogP contribution in [0.4, 0.5) is 0 Å². The number of rotatable bonds is 5. The highest BCUT2D eigenvalue weighted by molar-refractivity contribution is 5.77. The number of nitrogens with zero attached hydrogens (tertiary/aromatic N) is 3. The summed E-state index contributed by atoms with van der Waals surface area (Å²) in [6, 6.07) is 0.496. The van der Waals surface area contributed by atoms with Gasteiger partial charge in [-0.05, 0) is 39.2 Å². The zero-order valence-corrected chi connectivity index (χ0v) is 14.1. The Morgan fingerprint density at radius 1 is 1.22 bits per heavy atom. The van der Waals surface area contributed by atoms with Crippen LogP contribution in [0.25, 0.3) is 0 Å². The van der Waals surface area contributed by atoms with Crippen LogP contribution in [0.15, 0.2) is 4.52 Å². The summed E-state index contributed by atoms with van der Waals surface area (Å²) in [5, 5.41) is 7.00. The number of likely N-dealkylation sites (tertiary alicyclic amines) is 1. The van der Waals surface area contributed by atoms with Crippen molar-refractivity contribution in [1.82, 2.24) is 20.4 Å². The Hall–Kier alpha value is -1.43. The molecule has 1 atom stereocenters. The third-order valence-corrected chi connectivity index (χ3v) is 5.18. The molecule has 1 N–H and O–H groups in total. The maximum atomic E-state index is 12.1. The molecule has 0 bridgehead atoms. The SMILES string of the molecule is C[C@H]1CCCCN1CC(=O)NCc1nc(C2CCCCC2)no1. The highest BCUT2D eigenvalue weighted by Gasteiger charge is 2.22. The molecule has 128 valence electrons. The van der Waals surface area contributed by atoms with Crippen LogP contribution >= 0.6 is 0 Å². The molecule has 1 amide bonds. The average molecular weight is 320 g/mol. The summed E-state index contributed by atoms with van der Waals surface area (Å²) in [5.74, 6) is 1.81. The third-order valence-electron chi connectivity index (χ3n) is 5.18. The minimum Gasteiger partial charge on any atom is -0.346 e. The van der Waals surface area contributed by atoms with Crippen LogP contribution in [-0.4, -0.2) is 40.1 Å². The summed E-state index contributed by atoms with van der Waals surface area (Å²) in [6.07, 6.45) is 9.75. The van der Waals surface area contributed by atoms with Crippen molar-refractivity contribution in [3.8, 4) is 0 Å². The first kappa shape index (κ1) is 16.4. The fraction of sp³-hybridized carbons (Fsp3) is 0.824. The number of carbonyl (C=O) groups excluding carboxylic acids is 1. The number of aromatic nitrogens is 2. The number of carbonyl (C=O) groups is 1. The second-order valence-electron chi connectivity index (χ2n) is 6.97. The van der Waals surface area contributed by atoms with E-state index in [2.05, 4.69) is 27.3 Å². The Balaban J connectivity index is 1.44. The Labute approximate surface area is 138 Å². The van der Waals surface area contributed by atoms with Crippen LogP contribution in [0.1, 0.15) is 75.9 Å². The highest BCUT2D eigenvalue weighted by atomic mass is 16.5. The lowest BCUT2D eigenvalue weighted by atomic mass is 9.89. The fourth-order valence-corrected chi connectivity index (χ4v) is 3.67. The Bertz CT molecular complexity index is 510. The van der Waals surface area contributed by atoms with Gasteiger partial charge >= 0.3 is 0 Å². The second kappa shape index (κ2) is 7.90. The first-order valence-electron chi connectivity index (χ1n) is 9.05. The molecule has 1 aromatic heterocycles. The smallest absolute Gasteiger partial charge is 0.246 e. The summed E-state index contributed by atoms with van der Waals surface area (Å²) in [6.45, 7) is 4.01. The fourth-order valence-electron chi connectivity index (χ4n) is 3.67. The first-order valence-corrected chi connectivity index (χ1v) is 9.05. The van der Waals surface area contributed by atoms with Gasteiger partial charge in [0.15, 0.2) is 5.82 Å². The standard InChI is InChI=1S/C17H28N4O2/c1-13-7-5-6-10-21(13)12-15(22)18-11-16-19-17(20-23-16)14-8-3-2-4-9-14/h13-14H,2-12H2,1H3,(H,18,22)/t13-/m0/s1. The molecule has 1 aliphatic carbocycles. The molecule has 0 aromatic carbocycles. The van der Waals surface area contributed by atoms with E-state index >= 15 is 0 Å². The van der Waals surface area contributed by atoms with Gasteiger partial charge in [-0.15, -0.1) is 0 Å². The van der Waals surface area contributed by atoms with Crippen LogP contribution < -0.4 is 5.32 Å². The van der Waals surface area contributed by atoms with Crippen molar-refractivity contribution in [3.63, 3.8) is 0 Å². The molecule has 3 rings (SSSR count). The summed E-state index contributed by atoms with van der Waals surface area (Å²) < 4.78 is 5.29. The summed E-state index contributed by atoms with van der Waals surface area (Å²) in [4.78, 5) is 18.8. The zero-order chi connectivity index (χ0) is 16.1. The van der Waals surface area contributed by atoms with Crippen molar-refractivity contribution in [1.29, 1.82) is 0 Å². The van der Waals surface area contributed by atoms with Crippen molar-refractivity contribution in [2.45, 2.75) is 76.8 Å². The quantitative estimate of drug-likeness (QED) is 0.903. The van der Waals surface area contributed by atoms with Gasteiger partial charge in [0.25, 0.3) is 0 Å². The van der Waals surface area contributed by atoms with Crippen molar-refractivity contribution in [2.24, 2.45) is 0 Å². The molecule has 2 fully saturated rings. The third kappa shape index (κ3) is 4.53. The van der Waals surface area contributed by atoms with Gasteiger partial charge in [0.2, 0.25) is 11.8 Å². The van der Waals surface area contributed by atoms with Gasteiger partial charge in [-0.2, -0.15) is 4.98 Å². The number of amides is 1. The summed E-state index contributed by atoms with van der Waals surface area (Å²) in [5.41, 5.74) is 0. The molecule has 1 aromatic rings. The van der Waals surface area contributed by atoms with Gasteiger partial charge in [-0.1, -0.05) is 30.8 Å². The Morgan fingerprint density at radius 3 is 2.78 bits per heavy atom. The molecule has 23 heavy (non-hydrogen) atoms. The lowest BCUT2D eigenvalue weighted by Gasteiger charge is -2.32. The van der Waals surface area contributed by atoms with Crippen molar-refractivity contribution in [2.75, 3.05) is 13.1 Å². The molecule has 0 radical (unpaired) electrons. The van der Waals surface area contributed by atoms with E-state index in [1.807, 2.05) is 0 Å². The van der Waals surface area contributed by atoms with Gasteiger partial charge in [0, 0.05) is 12.0 Å². The normalized spacial score (nSPS) is 23.8. The lowest BCUT2D eigenvalue weighted by Crippen LogP contribution is -2.44. The molecule has 6 heteroatoms. The lowest BCUT2D eigenvalue weighted by molar-refractivity contribution is -0.123. The molecule has 1 saturated heterocycles. The van der Waals surface area contributed by atoms with E-state index in [0.717, 1.165) is 25.2 Å². The van der Waals surface area contributed by atoms with Crippen LogP contribution in [0.5, 0.6) is 0 Å². The molecular formula is C17H28N4O2. The van der Waals surface area contributed by atoms with E-state index in [9.17, 15) is 4.79 Å². The van der Waals surface area contributed by atoms with Gasteiger partial charge in [0.1, 0.15) is 0 Å². The van der Waals surface area contributed by atoms with Crippen LogP contribution in [0, 0.1) is 0 Å². The number of hydrogen-bond donors (Lipinski definition) is 1. The van der Waals surface area contributed by atoms with E-state index < -0.39 is 0 Å². The zero-order valence-electron chi connectivity index (χ0n) is 14.1. The van der Waals surface area contributed by atoms with Gasteiger partial charge in [-0.25, -0.2) is 0 Å². The van der Waals surface area contributed by atoms with Gasteiger partial charge in [-0.3, -0.25) is 9.69 Å². The summed E-state index contributed by atoms with van der Waals surface area (Å²) >= 11 is 0. The molecule has 2 heterocycles. The second-order valence-corrected chi connectivity index (χ2v) is 6.97. The summed E-state index contributed by atoms with van der Waals surface area (Å²) in [7, 11) is 0. The van der Waals surface area contributed by atoms with Crippen molar-refractivity contribution >= 4 is 5.91 Å². The molecular weight excluding hydrogens is 292 g/mol. The number of piperidine rings is 1. The predicted octanol–water partition coefficient (Wildman–Crippen LogP) is 2.61. The van der Waals surface area contributed by atoms with E-state index in [-0.39, 0.29) is 5.91 Å². The first-order chi connectivity index (χ1) is 11.2. The molecule has 0 spiro atoms. The molecule has 1 saturated carbocycles. The van der Waals surface area contributed by atoms with Crippen LogP contribution in [0.2, 0.25) is 0 Å². The van der Waals surface area contributed by atoms with Gasteiger partial charge in [0.05, 0.1) is 13.1 Å². The molecule has 1 aliphatic heterocycles. The highest BCUT2D eigenvalue weighted by Crippen LogP contribution is 2.30. The number of hydrogen-bond acceptors (Lipinski definition) is 5. The minimum atomic E-state index is 0.0381. The van der Waals surface area contributed by atoms with Crippen LogP contribution in [-0.2, 0) is 11.3 Å². The maximum absolute atomic E-state index is 12.1. The molecule has 6 nitrogen and oxygen atoms in total. The average Bonchev–Trinajstić information content (AvgIpc) is 3.05. The molecule has 2 aliphatic rings. The van der Waals surface area contributed by atoms with Gasteiger partial charge < -0.3 is 9.84 Å². The number of nitrogens with one attached hydrogen (secondary N) is 1. The van der Waals surface area contributed by atoms with E-state index in [0.29, 0.717) is 30.9 Å². The monoisotopic (exact) mass is 320 g/mol. The minimum absolute atomic E-state index is 0.0381. The van der Waals surface area contributed by atoms with E-state index in [4.69, 9.17) is 4.52 Å². The van der Waals surface area contributed by atoms with E-state index in [1.165, 1.54) is 38.5 Å².